The first kappa shape index (κ1) is 24.4. The van der Waals surface area contributed by atoms with E-state index >= 15 is 0 Å². The van der Waals surface area contributed by atoms with E-state index in [-0.39, 0.29) is 26.2 Å². The summed E-state index contributed by atoms with van der Waals surface area (Å²) in [7, 11) is -0.559. The second-order valence-corrected chi connectivity index (χ2v) is 20.9. The molecule has 2 atom stereocenters. The van der Waals surface area contributed by atoms with Gasteiger partial charge in [-0.2, -0.15) is 0 Å². The monoisotopic (exact) mass is 396 g/mol. The fourth-order valence-electron chi connectivity index (χ4n) is 6.22. The van der Waals surface area contributed by atoms with Crippen molar-refractivity contribution in [3.05, 3.63) is 24.3 Å². The van der Waals surface area contributed by atoms with Crippen LogP contribution >= 0.6 is 15.8 Å². The average Bonchev–Trinajstić information content (AvgIpc) is 2.25. The van der Waals surface area contributed by atoms with Crippen LogP contribution in [0.1, 0.15) is 96.9 Å². The van der Waals surface area contributed by atoms with Crippen molar-refractivity contribution < 1.29 is 0 Å². The molecule has 2 unspecified atom stereocenters. The number of hydrogen-bond donors (Lipinski definition) is 0. The molecule has 1 aliphatic carbocycles. The zero-order valence-corrected chi connectivity index (χ0v) is 22.0. The molecule has 2 heteroatoms. The van der Waals surface area contributed by atoms with Gasteiger partial charge in [-0.3, -0.25) is 0 Å². The number of hydrogen-bond acceptors (Lipinski definition) is 0. The topological polar surface area (TPSA) is 0 Å². The Labute approximate surface area is 168 Å². The quantitative estimate of drug-likeness (QED) is 0.409. The molecule has 0 nitrogen and oxygen atoms in total. The van der Waals surface area contributed by atoms with Crippen LogP contribution in [0.4, 0.5) is 0 Å². The van der Waals surface area contributed by atoms with Crippen LogP contribution in [0.2, 0.25) is 0 Å². The summed E-state index contributed by atoms with van der Waals surface area (Å²) in [5, 5.41) is 1.57. The molecule has 0 aliphatic heterocycles. The van der Waals surface area contributed by atoms with Crippen molar-refractivity contribution in [3.8, 4) is 0 Å². The summed E-state index contributed by atoms with van der Waals surface area (Å²) in [5.41, 5.74) is 0. The predicted molar refractivity (Wildman–Crippen MR) is 128 cm³/mol. The van der Waals surface area contributed by atoms with E-state index in [0.29, 0.717) is 20.6 Å². The van der Waals surface area contributed by atoms with Gasteiger partial charge in [0.05, 0.1) is 0 Å². The van der Waals surface area contributed by atoms with Crippen LogP contribution in [0, 0.1) is 0 Å². The van der Waals surface area contributed by atoms with Gasteiger partial charge in [-0.05, 0) is 20.6 Å². The first-order valence-electron chi connectivity index (χ1n) is 10.2. The Hall–Kier alpha value is 0.340. The lowest BCUT2D eigenvalue weighted by Gasteiger charge is -2.64. The molecule has 0 aromatic carbocycles. The molecule has 0 radical (unpaired) electrons. The van der Waals surface area contributed by atoms with Gasteiger partial charge < -0.3 is 0 Å². The maximum Gasteiger partial charge on any atom is 0.0196 e. The minimum atomic E-state index is -0.280. The van der Waals surface area contributed by atoms with Gasteiger partial charge >= 0.3 is 0 Å². The summed E-state index contributed by atoms with van der Waals surface area (Å²) in [4.78, 5) is 0. The molecular weight excluding hydrogens is 350 g/mol. The van der Waals surface area contributed by atoms with Crippen LogP contribution in [0.5, 0.6) is 0 Å². The molecule has 0 heterocycles. The smallest absolute Gasteiger partial charge is 0.0196 e. The minimum absolute atomic E-state index is 0.180. The van der Waals surface area contributed by atoms with Crippen molar-refractivity contribution in [1.82, 2.24) is 0 Å². The van der Waals surface area contributed by atoms with Gasteiger partial charge in [0.1, 0.15) is 0 Å². The highest BCUT2D eigenvalue weighted by molar-refractivity contribution is 7.67. The summed E-state index contributed by atoms with van der Waals surface area (Å²) in [5.74, 6) is 0. The molecule has 26 heavy (non-hydrogen) atoms. The van der Waals surface area contributed by atoms with Gasteiger partial charge in [-0.1, -0.05) is 137 Å². The van der Waals surface area contributed by atoms with Gasteiger partial charge in [-0.15, -0.1) is 0 Å². The van der Waals surface area contributed by atoms with Gasteiger partial charge in [0.15, 0.2) is 0 Å². The largest absolute Gasteiger partial charge is 0.0844 e. The van der Waals surface area contributed by atoms with E-state index in [1.807, 2.05) is 0 Å². The molecule has 1 rings (SSSR count). The van der Waals surface area contributed by atoms with E-state index < -0.39 is 0 Å². The highest BCUT2D eigenvalue weighted by Gasteiger charge is 2.60. The van der Waals surface area contributed by atoms with Crippen LogP contribution in [-0.2, 0) is 0 Å². The van der Waals surface area contributed by atoms with Crippen LogP contribution in [-0.4, -0.2) is 30.9 Å². The van der Waals surface area contributed by atoms with Crippen LogP contribution in [0.25, 0.3) is 0 Å². The van der Waals surface area contributed by atoms with E-state index in [2.05, 4.69) is 121 Å². The maximum atomic E-state index is 2.59. The Morgan fingerprint density at radius 3 is 0.808 bits per heavy atom. The van der Waals surface area contributed by atoms with Crippen LogP contribution in [0.3, 0.4) is 0 Å². The molecule has 0 aromatic rings. The highest BCUT2D eigenvalue weighted by Crippen LogP contribution is 2.80. The lowest BCUT2D eigenvalue weighted by Crippen LogP contribution is -2.55. The van der Waals surface area contributed by atoms with Crippen LogP contribution in [0.15, 0.2) is 24.3 Å². The normalized spacial score (nSPS) is 28.3. The summed E-state index contributed by atoms with van der Waals surface area (Å²) < 4.78 is 0. The first-order chi connectivity index (χ1) is 11.2. The van der Waals surface area contributed by atoms with Gasteiger partial charge in [-0.25, -0.2) is 0 Å². The predicted octanol–water partition coefficient (Wildman–Crippen LogP) is 8.79. The molecule has 0 fully saturated rings. The minimum Gasteiger partial charge on any atom is -0.0844 e. The fraction of sp³-hybridized carbons (Fsp3) is 0.833. The molecule has 0 N–H and O–H groups in total. The molecule has 0 bridgehead atoms. The Kier molecular flexibility index (Phi) is 6.55. The Bertz CT molecular complexity index is 477. The Morgan fingerprint density at radius 2 is 0.654 bits per heavy atom. The molecule has 0 aromatic heterocycles. The molecular formula is C24H46P2. The maximum absolute atomic E-state index is 2.59. The summed E-state index contributed by atoms with van der Waals surface area (Å²) in [6, 6.07) is 0. The molecule has 0 saturated carbocycles. The van der Waals surface area contributed by atoms with Crippen molar-refractivity contribution in [1.29, 1.82) is 0 Å². The van der Waals surface area contributed by atoms with Crippen LogP contribution < -0.4 is 0 Å². The molecule has 152 valence electrons. The van der Waals surface area contributed by atoms with Gasteiger partial charge in [0, 0.05) is 10.3 Å². The third-order valence-corrected chi connectivity index (χ3v) is 14.2. The van der Waals surface area contributed by atoms with Crippen molar-refractivity contribution in [2.24, 2.45) is 0 Å². The zero-order valence-electron chi connectivity index (χ0n) is 20.2. The van der Waals surface area contributed by atoms with Crippen molar-refractivity contribution in [2.45, 2.75) is 128 Å². The van der Waals surface area contributed by atoms with E-state index in [9.17, 15) is 0 Å². The van der Waals surface area contributed by atoms with E-state index in [1.54, 1.807) is 0 Å². The second-order valence-electron chi connectivity index (χ2n) is 12.4. The number of rotatable bonds is 2. The lowest BCUT2D eigenvalue weighted by molar-refractivity contribution is 0.549. The Balaban J connectivity index is 3.82. The standard InChI is InChI=1S/C24H46P2/c1-19(2,3)25(20(4,5)6)23(13)17-15-16-18-24(23,14)26(21(7,8)9)22(10,11)12/h15-18H,1-14H3. The lowest BCUT2D eigenvalue weighted by atomic mass is 9.89. The van der Waals surface area contributed by atoms with Gasteiger partial charge in [0.2, 0.25) is 0 Å². The zero-order chi connectivity index (χ0) is 21.0. The van der Waals surface area contributed by atoms with Crippen molar-refractivity contribution >= 4 is 15.8 Å². The Morgan fingerprint density at radius 1 is 0.462 bits per heavy atom. The highest BCUT2D eigenvalue weighted by atomic mass is 31.1. The third kappa shape index (κ3) is 4.49. The summed E-state index contributed by atoms with van der Waals surface area (Å²) in [6.07, 6.45) is 9.82. The van der Waals surface area contributed by atoms with Crippen molar-refractivity contribution in [2.75, 3.05) is 0 Å². The molecule has 0 saturated heterocycles. The fourth-order valence-corrected chi connectivity index (χ4v) is 17.9. The number of allylic oxidation sites excluding steroid dienone is 4. The van der Waals surface area contributed by atoms with Crippen molar-refractivity contribution in [3.63, 3.8) is 0 Å². The second kappa shape index (κ2) is 6.99. The van der Waals surface area contributed by atoms with E-state index in [4.69, 9.17) is 0 Å². The summed E-state index contributed by atoms with van der Waals surface area (Å²) in [6.45, 7) is 34.8. The first-order valence-corrected chi connectivity index (χ1v) is 12.9. The van der Waals surface area contributed by atoms with Gasteiger partial charge in [0.25, 0.3) is 0 Å². The SMILES string of the molecule is CC(C)(C)P(C(C)(C)C)C1(C)C=CC=CC1(C)P(C(C)(C)C)C(C)(C)C. The molecule has 0 amide bonds. The molecule has 1 aliphatic rings. The van der Waals surface area contributed by atoms with E-state index in [0.717, 1.165) is 0 Å². The average molecular weight is 397 g/mol. The molecule has 0 spiro atoms. The third-order valence-electron chi connectivity index (χ3n) is 5.59. The summed E-state index contributed by atoms with van der Waals surface area (Å²) >= 11 is 0. The van der Waals surface area contributed by atoms with E-state index in [1.165, 1.54) is 0 Å².